The molecule has 0 saturated carbocycles. The summed E-state index contributed by atoms with van der Waals surface area (Å²) in [6.07, 6.45) is 1.09. The summed E-state index contributed by atoms with van der Waals surface area (Å²) in [6, 6.07) is 9.50. The van der Waals surface area contributed by atoms with Crippen LogP contribution in [0, 0.1) is 0 Å². The molecule has 17 heavy (non-hydrogen) atoms. The van der Waals surface area contributed by atoms with Gasteiger partial charge in [-0.1, -0.05) is 39.9 Å². The molecule has 0 bridgehead atoms. The van der Waals surface area contributed by atoms with Crippen LogP contribution in [0.5, 0.6) is 0 Å². The highest BCUT2D eigenvalue weighted by Crippen LogP contribution is 2.13. The number of nitrogens with one attached hydrogen (secondary N) is 2. The first-order chi connectivity index (χ1) is 8.15. The van der Waals surface area contributed by atoms with Crippen LogP contribution < -0.4 is 10.7 Å². The molecule has 2 N–H and O–H groups in total. The third-order valence-corrected chi connectivity index (χ3v) is 2.33. The molecular weight excluding hydrogens is 226 g/mol. The van der Waals surface area contributed by atoms with Gasteiger partial charge in [-0.05, 0) is 17.8 Å². The largest absolute Gasteiger partial charge is 0.364 e. The van der Waals surface area contributed by atoms with Crippen molar-refractivity contribution in [1.29, 1.82) is 0 Å². The van der Waals surface area contributed by atoms with Gasteiger partial charge >= 0.3 is 0 Å². The maximum absolute atomic E-state index is 12.8. The van der Waals surface area contributed by atoms with Gasteiger partial charge in [0.2, 0.25) is 5.97 Å². The highest BCUT2D eigenvalue weighted by molar-refractivity contribution is 5.87. The number of hydrogen-bond acceptors (Lipinski definition) is 4. The second kappa shape index (κ2) is 4.82. The first kappa shape index (κ1) is 11.4. The van der Waals surface area contributed by atoms with E-state index >= 15 is 0 Å². The third kappa shape index (κ3) is 2.93. The van der Waals surface area contributed by atoms with E-state index in [9.17, 15) is 8.87 Å². The Kier molecular flexibility index (Phi) is 3.22. The van der Waals surface area contributed by atoms with E-state index in [2.05, 4.69) is 15.8 Å². The van der Waals surface area contributed by atoms with E-state index in [0.29, 0.717) is 0 Å². The van der Waals surface area contributed by atoms with Crippen molar-refractivity contribution in [3.63, 3.8) is 0 Å². The molecule has 1 unspecified atom stereocenters. The number of halogens is 2. The molecule has 2 rings (SSSR count). The van der Waals surface area contributed by atoms with Crippen LogP contribution in [-0.4, -0.2) is 11.3 Å². The molecule has 0 aliphatic carbocycles. The van der Waals surface area contributed by atoms with Gasteiger partial charge in [-0.25, -0.2) is 5.43 Å². The molecule has 0 spiro atoms. The predicted molar refractivity (Wildman–Crippen MR) is 60.7 cm³/mol. The number of hydrazone groups is 1. The zero-order chi connectivity index (χ0) is 12.3. The Hall–Kier alpha value is -2.11. The summed E-state index contributed by atoms with van der Waals surface area (Å²) < 4.78 is 25.6. The van der Waals surface area contributed by atoms with Crippen molar-refractivity contribution >= 4 is 5.97 Å². The van der Waals surface area contributed by atoms with E-state index in [0.717, 1.165) is 11.6 Å². The maximum atomic E-state index is 12.8. The van der Waals surface area contributed by atoms with E-state index in [1.54, 1.807) is 0 Å². The third-order valence-electron chi connectivity index (χ3n) is 2.33. The average Bonchev–Trinajstić information content (AvgIpc) is 2.28. The molecule has 0 radical (unpaired) electrons. The lowest BCUT2D eigenvalue weighted by molar-refractivity contribution is -0.0235. The van der Waals surface area contributed by atoms with Gasteiger partial charge in [0, 0.05) is 12.1 Å². The Bertz CT molecular complexity index is 444. The number of rotatable bonds is 3. The summed E-state index contributed by atoms with van der Waals surface area (Å²) in [5, 5.41) is 5.67. The van der Waals surface area contributed by atoms with Crippen LogP contribution in [-0.2, 0) is 0 Å². The first-order valence-corrected chi connectivity index (χ1v) is 5.15. The van der Waals surface area contributed by atoms with E-state index in [1.165, 1.54) is 0 Å². The Balaban J connectivity index is 2.05. The molecule has 0 saturated heterocycles. The second-order valence-corrected chi connectivity index (χ2v) is 3.63. The van der Waals surface area contributed by atoms with Crippen LogP contribution in [0.2, 0.25) is 0 Å². The van der Waals surface area contributed by atoms with Gasteiger partial charge in [0.15, 0.2) is 0 Å². The predicted octanol–water partition coefficient (Wildman–Crippen LogP) is 2.17. The highest BCUT2D eigenvalue weighted by Gasteiger charge is 2.14. The van der Waals surface area contributed by atoms with E-state index in [1.807, 2.05) is 37.3 Å². The van der Waals surface area contributed by atoms with Gasteiger partial charge < -0.3 is 5.32 Å². The van der Waals surface area contributed by atoms with Crippen LogP contribution in [0.1, 0.15) is 18.5 Å². The molecule has 4 nitrogen and oxygen atoms in total. The standard InChI is InChI=1S/C11H12F2N4/c1-8(9-5-3-2-4-6-9)14-11-7-10(12)15-17(13)16-11/h2-8,14,16H,1H3. The quantitative estimate of drug-likeness (QED) is 0.793. The van der Waals surface area contributed by atoms with E-state index in [4.69, 9.17) is 0 Å². The van der Waals surface area contributed by atoms with Gasteiger partial charge in [0.1, 0.15) is 5.82 Å². The minimum atomic E-state index is -0.894. The lowest BCUT2D eigenvalue weighted by Gasteiger charge is -2.22. The van der Waals surface area contributed by atoms with Crippen molar-refractivity contribution in [2.75, 3.05) is 0 Å². The Morgan fingerprint density at radius 1 is 1.35 bits per heavy atom. The smallest absolute Gasteiger partial charge is 0.239 e. The molecule has 6 heteroatoms. The van der Waals surface area contributed by atoms with Crippen molar-refractivity contribution in [2.24, 2.45) is 5.10 Å². The minimum absolute atomic E-state index is 0.0748. The molecule has 1 atom stereocenters. The zero-order valence-corrected chi connectivity index (χ0v) is 9.19. The molecule has 1 aromatic carbocycles. The number of hydrogen-bond donors (Lipinski definition) is 2. The van der Waals surface area contributed by atoms with E-state index < -0.39 is 5.97 Å². The number of nitrogens with zero attached hydrogens (tertiary/aromatic N) is 2. The molecule has 1 aliphatic heterocycles. The van der Waals surface area contributed by atoms with Gasteiger partial charge in [-0.3, -0.25) is 0 Å². The molecular formula is C11H12F2N4. The number of allylic oxidation sites excluding steroid dienone is 1. The molecule has 1 aromatic rings. The van der Waals surface area contributed by atoms with E-state index in [-0.39, 0.29) is 17.2 Å². The summed E-state index contributed by atoms with van der Waals surface area (Å²) in [7, 11) is 0. The van der Waals surface area contributed by atoms with Crippen molar-refractivity contribution in [3.05, 3.63) is 47.8 Å². The second-order valence-electron chi connectivity index (χ2n) is 3.63. The van der Waals surface area contributed by atoms with Crippen LogP contribution in [0.3, 0.4) is 0 Å². The van der Waals surface area contributed by atoms with Crippen molar-refractivity contribution in [1.82, 2.24) is 16.1 Å². The van der Waals surface area contributed by atoms with Crippen LogP contribution >= 0.6 is 0 Å². The summed E-state index contributed by atoms with van der Waals surface area (Å²) in [5.41, 5.74) is 3.25. The SMILES string of the molecule is CC(NC1=CC(F)=NN(F)N1)c1ccccc1. The normalized spacial score (nSPS) is 16.8. The fraction of sp³-hybridized carbons (Fsp3) is 0.182. The van der Waals surface area contributed by atoms with Crippen molar-refractivity contribution in [3.8, 4) is 0 Å². The summed E-state index contributed by atoms with van der Waals surface area (Å²) in [4.78, 5) is 0. The fourth-order valence-corrected chi connectivity index (χ4v) is 1.52. The van der Waals surface area contributed by atoms with Gasteiger partial charge in [0.25, 0.3) is 0 Å². The van der Waals surface area contributed by atoms with Gasteiger partial charge in [0.05, 0.1) is 0 Å². The number of benzene rings is 1. The molecule has 0 fully saturated rings. The summed E-state index contributed by atoms with van der Waals surface area (Å²) in [5.74, 6) is -0.676. The van der Waals surface area contributed by atoms with Crippen molar-refractivity contribution < 1.29 is 8.87 Å². The Labute approximate surface area is 97.5 Å². The monoisotopic (exact) mass is 238 g/mol. The first-order valence-electron chi connectivity index (χ1n) is 5.15. The molecule has 1 heterocycles. The molecule has 1 aliphatic rings. The fourth-order valence-electron chi connectivity index (χ4n) is 1.52. The van der Waals surface area contributed by atoms with Crippen LogP contribution in [0.4, 0.5) is 8.87 Å². The number of hydrazine groups is 1. The van der Waals surface area contributed by atoms with Crippen molar-refractivity contribution in [2.45, 2.75) is 13.0 Å². The lowest BCUT2D eigenvalue weighted by atomic mass is 10.1. The van der Waals surface area contributed by atoms with Gasteiger partial charge in [-0.2, -0.15) is 4.39 Å². The van der Waals surface area contributed by atoms with Gasteiger partial charge in [-0.15, -0.1) is 0 Å². The topological polar surface area (TPSA) is 39.7 Å². The summed E-state index contributed by atoms with van der Waals surface area (Å²) >= 11 is 0. The molecule has 0 aromatic heterocycles. The lowest BCUT2D eigenvalue weighted by Crippen LogP contribution is -2.37. The minimum Gasteiger partial charge on any atom is -0.364 e. The van der Waals surface area contributed by atoms with Crippen LogP contribution in [0.25, 0.3) is 0 Å². The van der Waals surface area contributed by atoms with Crippen LogP contribution in [0.15, 0.2) is 47.3 Å². The zero-order valence-electron chi connectivity index (χ0n) is 9.19. The average molecular weight is 238 g/mol. The highest BCUT2D eigenvalue weighted by atomic mass is 19.2. The Morgan fingerprint density at radius 2 is 2.06 bits per heavy atom. The Morgan fingerprint density at radius 3 is 2.71 bits per heavy atom. The molecule has 90 valence electrons. The molecule has 0 amide bonds. The summed E-state index contributed by atoms with van der Waals surface area (Å²) in [6.45, 7) is 1.89. The maximum Gasteiger partial charge on any atom is 0.239 e.